The van der Waals surface area contributed by atoms with E-state index in [0.717, 1.165) is 12.0 Å². The number of hydrogen-bond acceptors (Lipinski definition) is 6. The van der Waals surface area contributed by atoms with Crippen LogP contribution in [0, 0.1) is 0 Å². The van der Waals surface area contributed by atoms with Crippen molar-refractivity contribution in [1.82, 2.24) is 20.2 Å². The summed E-state index contributed by atoms with van der Waals surface area (Å²) in [6, 6.07) is 20.2. The van der Waals surface area contributed by atoms with Crippen molar-refractivity contribution in [3.63, 3.8) is 0 Å². The number of amides is 1. The standard InChI is InChI=1S/C23H21N5O3/c1-2-14-31-21-13-7-6-12-19(21)24-23(29)20(16-18-11-8-15-30-18)28-22(25-26-27-28)17-9-4-3-5-10-17/h3-13,15-16H,2,14H2,1H3,(H,24,29). The lowest BCUT2D eigenvalue weighted by atomic mass is 10.2. The second kappa shape index (κ2) is 9.53. The van der Waals surface area contributed by atoms with Crippen LogP contribution in [0.5, 0.6) is 5.75 Å². The first-order valence-corrected chi connectivity index (χ1v) is 9.89. The molecule has 2 aromatic heterocycles. The van der Waals surface area contributed by atoms with Crippen LogP contribution in [0.4, 0.5) is 5.69 Å². The van der Waals surface area contributed by atoms with Gasteiger partial charge in [0.2, 0.25) is 0 Å². The number of furan rings is 1. The van der Waals surface area contributed by atoms with Crippen LogP contribution in [-0.4, -0.2) is 32.7 Å². The Hall–Kier alpha value is -4.20. The zero-order valence-electron chi connectivity index (χ0n) is 16.9. The highest BCUT2D eigenvalue weighted by Gasteiger charge is 2.21. The smallest absolute Gasteiger partial charge is 0.274 e. The number of carbonyl (C=O) groups excluding carboxylic acids is 1. The van der Waals surface area contributed by atoms with Gasteiger partial charge in [-0.25, -0.2) is 0 Å². The summed E-state index contributed by atoms with van der Waals surface area (Å²) in [5.74, 6) is 1.11. The number of nitrogens with one attached hydrogen (secondary N) is 1. The van der Waals surface area contributed by atoms with E-state index in [-0.39, 0.29) is 5.70 Å². The maximum Gasteiger partial charge on any atom is 0.274 e. The van der Waals surface area contributed by atoms with Gasteiger partial charge in [0.15, 0.2) is 5.82 Å². The van der Waals surface area contributed by atoms with Crippen molar-refractivity contribution in [2.75, 3.05) is 11.9 Å². The lowest BCUT2D eigenvalue weighted by Gasteiger charge is -2.14. The summed E-state index contributed by atoms with van der Waals surface area (Å²) in [4.78, 5) is 13.4. The molecule has 8 heteroatoms. The molecule has 0 aliphatic rings. The number of carbonyl (C=O) groups is 1. The average Bonchev–Trinajstić information content (AvgIpc) is 3.49. The maximum absolute atomic E-state index is 13.4. The van der Waals surface area contributed by atoms with E-state index in [1.54, 1.807) is 24.3 Å². The molecule has 4 aromatic rings. The monoisotopic (exact) mass is 415 g/mol. The molecule has 0 atom stereocenters. The fraction of sp³-hybridized carbons (Fsp3) is 0.130. The van der Waals surface area contributed by atoms with Gasteiger partial charge in [-0.2, -0.15) is 4.68 Å². The van der Waals surface area contributed by atoms with Crippen molar-refractivity contribution in [3.05, 3.63) is 78.8 Å². The minimum absolute atomic E-state index is 0.198. The van der Waals surface area contributed by atoms with E-state index in [2.05, 4.69) is 20.8 Å². The highest BCUT2D eigenvalue weighted by Crippen LogP contribution is 2.26. The first-order chi connectivity index (χ1) is 15.3. The molecule has 31 heavy (non-hydrogen) atoms. The molecule has 0 saturated carbocycles. The topological polar surface area (TPSA) is 95.1 Å². The Kier molecular flexibility index (Phi) is 6.18. The van der Waals surface area contributed by atoms with Gasteiger partial charge in [-0.3, -0.25) is 4.79 Å². The predicted octanol–water partition coefficient (Wildman–Crippen LogP) is 4.36. The van der Waals surface area contributed by atoms with Crippen LogP contribution in [0.2, 0.25) is 0 Å². The fourth-order valence-corrected chi connectivity index (χ4v) is 2.94. The minimum Gasteiger partial charge on any atom is -0.491 e. The van der Waals surface area contributed by atoms with E-state index >= 15 is 0 Å². The summed E-state index contributed by atoms with van der Waals surface area (Å²) < 4.78 is 12.6. The lowest BCUT2D eigenvalue weighted by Crippen LogP contribution is -2.20. The number of nitrogens with zero attached hydrogens (tertiary/aromatic N) is 4. The highest BCUT2D eigenvalue weighted by molar-refractivity contribution is 6.24. The summed E-state index contributed by atoms with van der Waals surface area (Å²) >= 11 is 0. The third-order valence-corrected chi connectivity index (χ3v) is 4.38. The molecular formula is C23H21N5O3. The van der Waals surface area contributed by atoms with E-state index in [1.807, 2.05) is 55.5 Å². The molecule has 0 aliphatic heterocycles. The Bertz CT molecular complexity index is 1170. The van der Waals surface area contributed by atoms with Crippen LogP contribution in [-0.2, 0) is 4.79 Å². The Morgan fingerprint density at radius 3 is 2.68 bits per heavy atom. The molecule has 1 N–H and O–H groups in total. The van der Waals surface area contributed by atoms with Gasteiger partial charge in [-0.05, 0) is 41.1 Å². The van der Waals surface area contributed by atoms with E-state index < -0.39 is 5.91 Å². The molecule has 0 unspecified atom stereocenters. The predicted molar refractivity (Wildman–Crippen MR) is 117 cm³/mol. The number of para-hydroxylation sites is 2. The Morgan fingerprint density at radius 1 is 1.10 bits per heavy atom. The molecule has 8 nitrogen and oxygen atoms in total. The number of hydrogen-bond donors (Lipinski definition) is 1. The van der Waals surface area contributed by atoms with E-state index in [0.29, 0.717) is 29.6 Å². The van der Waals surface area contributed by atoms with Crippen molar-refractivity contribution in [2.45, 2.75) is 13.3 Å². The zero-order chi connectivity index (χ0) is 21.5. The van der Waals surface area contributed by atoms with E-state index in [4.69, 9.17) is 9.15 Å². The normalized spacial score (nSPS) is 11.3. The summed E-state index contributed by atoms with van der Waals surface area (Å²) in [5, 5.41) is 14.9. The van der Waals surface area contributed by atoms with E-state index in [9.17, 15) is 4.79 Å². The number of aromatic nitrogens is 4. The molecule has 0 bridgehead atoms. The van der Waals surface area contributed by atoms with E-state index in [1.165, 1.54) is 10.9 Å². The van der Waals surface area contributed by atoms with Crippen LogP contribution in [0.3, 0.4) is 0 Å². The molecule has 0 radical (unpaired) electrons. The summed E-state index contributed by atoms with van der Waals surface area (Å²) in [6.07, 6.45) is 3.98. The average molecular weight is 415 g/mol. The fourth-order valence-electron chi connectivity index (χ4n) is 2.94. The van der Waals surface area contributed by atoms with Gasteiger partial charge in [0, 0.05) is 11.6 Å². The first kappa shape index (κ1) is 20.1. The van der Waals surface area contributed by atoms with Gasteiger partial charge in [-0.1, -0.05) is 49.4 Å². The third kappa shape index (κ3) is 4.69. The molecular weight excluding hydrogens is 394 g/mol. The molecule has 156 valence electrons. The van der Waals surface area contributed by atoms with Crippen LogP contribution < -0.4 is 10.1 Å². The first-order valence-electron chi connectivity index (χ1n) is 9.89. The Balaban J connectivity index is 1.72. The summed E-state index contributed by atoms with van der Waals surface area (Å²) in [6.45, 7) is 2.57. The van der Waals surface area contributed by atoms with Gasteiger partial charge in [0.25, 0.3) is 5.91 Å². The van der Waals surface area contributed by atoms with Crippen molar-refractivity contribution in [2.24, 2.45) is 0 Å². The van der Waals surface area contributed by atoms with Gasteiger partial charge in [0.1, 0.15) is 17.2 Å². The number of ether oxygens (including phenoxy) is 1. The molecule has 0 saturated heterocycles. The van der Waals surface area contributed by atoms with Crippen molar-refractivity contribution in [3.8, 4) is 17.1 Å². The summed E-state index contributed by atoms with van der Waals surface area (Å²) in [7, 11) is 0. The second-order valence-electron chi connectivity index (χ2n) is 6.62. The molecule has 2 heterocycles. The van der Waals surface area contributed by atoms with Crippen LogP contribution in [0.1, 0.15) is 19.1 Å². The molecule has 4 rings (SSSR count). The SMILES string of the molecule is CCCOc1ccccc1NC(=O)C(=Cc1ccco1)n1nnnc1-c1ccccc1. The number of benzene rings is 2. The van der Waals surface area contributed by atoms with Gasteiger partial charge in [-0.15, -0.1) is 5.10 Å². The quantitative estimate of drug-likeness (QED) is 0.430. The number of anilines is 1. The van der Waals surface area contributed by atoms with Crippen LogP contribution >= 0.6 is 0 Å². The lowest BCUT2D eigenvalue weighted by molar-refractivity contribution is -0.111. The molecule has 1 amide bonds. The van der Waals surface area contributed by atoms with Gasteiger partial charge in [0.05, 0.1) is 18.6 Å². The second-order valence-corrected chi connectivity index (χ2v) is 6.62. The molecule has 0 fully saturated rings. The zero-order valence-corrected chi connectivity index (χ0v) is 16.9. The largest absolute Gasteiger partial charge is 0.491 e. The Morgan fingerprint density at radius 2 is 1.90 bits per heavy atom. The number of tetrazole rings is 1. The minimum atomic E-state index is -0.409. The molecule has 0 spiro atoms. The van der Waals surface area contributed by atoms with Gasteiger partial charge >= 0.3 is 0 Å². The number of rotatable bonds is 8. The Labute approximate surface area is 179 Å². The van der Waals surface area contributed by atoms with Crippen molar-refractivity contribution < 1.29 is 13.9 Å². The molecule has 0 aliphatic carbocycles. The maximum atomic E-state index is 13.4. The highest BCUT2D eigenvalue weighted by atomic mass is 16.5. The van der Waals surface area contributed by atoms with Crippen LogP contribution in [0.25, 0.3) is 23.2 Å². The third-order valence-electron chi connectivity index (χ3n) is 4.38. The van der Waals surface area contributed by atoms with Gasteiger partial charge < -0.3 is 14.5 Å². The summed E-state index contributed by atoms with van der Waals surface area (Å²) in [5.41, 5.74) is 1.53. The van der Waals surface area contributed by atoms with Crippen molar-refractivity contribution >= 4 is 23.4 Å². The van der Waals surface area contributed by atoms with Crippen LogP contribution in [0.15, 0.2) is 77.4 Å². The van der Waals surface area contributed by atoms with Crippen molar-refractivity contribution in [1.29, 1.82) is 0 Å². The molecule has 2 aromatic carbocycles.